The maximum atomic E-state index is 15.4. The summed E-state index contributed by atoms with van der Waals surface area (Å²) in [6.07, 6.45) is -1.51. The fraction of sp³-hybridized carbons (Fsp3) is 0.0244. The van der Waals surface area contributed by atoms with Crippen molar-refractivity contribution in [2.24, 2.45) is 0 Å². The van der Waals surface area contributed by atoms with Gasteiger partial charge in [0.2, 0.25) is 5.69 Å². The van der Waals surface area contributed by atoms with Crippen LogP contribution in [0.15, 0.2) is 78.1 Å². The third kappa shape index (κ3) is 7.69. The van der Waals surface area contributed by atoms with Crippen molar-refractivity contribution in [2.75, 3.05) is 0 Å². The van der Waals surface area contributed by atoms with Crippen molar-refractivity contribution < 1.29 is 92.4 Å². The van der Waals surface area contributed by atoms with E-state index >= 15 is 35.1 Å². The smallest absolute Gasteiger partial charge is 0.232 e. The van der Waals surface area contributed by atoms with E-state index in [4.69, 9.17) is 0 Å². The minimum absolute atomic E-state index is 0.820. The number of rotatable bonds is 7. The fourth-order valence-corrected chi connectivity index (χ4v) is 7.37. The third-order valence-electron chi connectivity index (χ3n) is 9.92. The highest BCUT2D eigenvalue weighted by molar-refractivity contribution is 7.80. The molecule has 0 saturated carbocycles. The molecule has 7 rings (SSSR count). The molecule has 0 bridgehead atoms. The van der Waals surface area contributed by atoms with Crippen LogP contribution in [0.5, 0.6) is 0 Å². The predicted molar refractivity (Wildman–Crippen MR) is 192 cm³/mol. The summed E-state index contributed by atoms with van der Waals surface area (Å²) in [6, 6.07) is 18.5. The van der Waals surface area contributed by atoms with E-state index in [0.29, 0.717) is 0 Å². The van der Waals surface area contributed by atoms with Crippen LogP contribution in [0.2, 0.25) is 0 Å². The SMILES string of the molecule is Fc1c(F)c(F)c([B-](c2c(F)c(F)c(F)c(F)c2F)(c2c(F)c(F)c(F)c(F)c2F)c2c(F)c(F)c(F)c(F)c2F)c(F)c1F.Sc1ccccc1-c1cncc[n+]1Cc1ccccc1. The highest BCUT2D eigenvalue weighted by atomic mass is 32.1. The van der Waals surface area contributed by atoms with E-state index in [0.717, 1.165) is 22.7 Å². The van der Waals surface area contributed by atoms with Gasteiger partial charge in [-0.15, -0.1) is 34.5 Å². The highest BCUT2D eigenvalue weighted by Gasteiger charge is 2.52. The molecular formula is C41H15BF20N2S. The highest BCUT2D eigenvalue weighted by Crippen LogP contribution is 2.31. The van der Waals surface area contributed by atoms with E-state index in [1.807, 2.05) is 42.9 Å². The maximum Gasteiger partial charge on any atom is 0.232 e. The Morgan fingerprint density at radius 1 is 0.385 bits per heavy atom. The zero-order valence-corrected chi connectivity index (χ0v) is 32.0. The maximum absolute atomic E-state index is 15.4. The zero-order chi connectivity index (χ0) is 48.1. The standard InChI is InChI=1S/C24BF20.C17H14N2S/c26-5-1(6(27)14(35)21(42)13(5)34)25(2-7(28)15(36)22(43)16(37)8(2)29,3-9(30)17(38)23(44)18(39)10(3)31)4-11(32)19(40)24(45)20(41)12(4)33;20-17-9-5-4-8-15(17)16-12-18-10-11-19(16)13-14-6-2-1-3-7-14/h;1-12H,13H2/q-1;/p+1. The van der Waals surface area contributed by atoms with Crippen molar-refractivity contribution in [1.82, 2.24) is 4.98 Å². The second-order valence-corrected chi connectivity index (χ2v) is 13.9. The molecule has 0 spiro atoms. The van der Waals surface area contributed by atoms with E-state index in [-0.39, 0.29) is 0 Å². The molecular weight excluding hydrogens is 943 g/mol. The molecule has 2 nitrogen and oxygen atoms in total. The molecule has 0 unspecified atom stereocenters. The Morgan fingerprint density at radius 2 is 0.677 bits per heavy atom. The average Bonchev–Trinajstić information content (AvgIpc) is 3.30. The van der Waals surface area contributed by atoms with Gasteiger partial charge in [0.1, 0.15) is 52.7 Å². The van der Waals surface area contributed by atoms with E-state index in [1.165, 1.54) is 5.56 Å². The van der Waals surface area contributed by atoms with Gasteiger partial charge in [0.15, 0.2) is 82.5 Å². The van der Waals surface area contributed by atoms with Crippen molar-refractivity contribution in [1.29, 1.82) is 0 Å². The molecule has 0 N–H and O–H groups in total. The van der Waals surface area contributed by atoms with Gasteiger partial charge in [-0.25, -0.2) is 87.8 Å². The van der Waals surface area contributed by atoms with Gasteiger partial charge in [-0.2, -0.15) is 4.57 Å². The van der Waals surface area contributed by atoms with Crippen LogP contribution in [0, 0.1) is 116 Å². The lowest BCUT2D eigenvalue weighted by Gasteiger charge is -2.44. The second kappa shape index (κ2) is 18.1. The van der Waals surface area contributed by atoms with Crippen LogP contribution in [0.1, 0.15) is 5.56 Å². The van der Waals surface area contributed by atoms with E-state index < -0.39 is 144 Å². The van der Waals surface area contributed by atoms with Gasteiger partial charge >= 0.3 is 0 Å². The lowest BCUT2D eigenvalue weighted by atomic mass is 9.12. The lowest BCUT2D eigenvalue weighted by molar-refractivity contribution is -0.678. The minimum atomic E-state index is -7.22. The van der Waals surface area contributed by atoms with Crippen LogP contribution in [-0.4, -0.2) is 11.1 Å². The topological polar surface area (TPSA) is 16.8 Å². The van der Waals surface area contributed by atoms with Crippen molar-refractivity contribution in [3.8, 4) is 11.3 Å². The molecule has 65 heavy (non-hydrogen) atoms. The predicted octanol–water partition coefficient (Wildman–Crippen LogP) is 9.22. The molecule has 0 aliphatic rings. The minimum Gasteiger partial charge on any atom is -0.252 e. The molecule has 0 amide bonds. The summed E-state index contributed by atoms with van der Waals surface area (Å²) in [5, 5.41) is 0. The Hall–Kier alpha value is -6.59. The Morgan fingerprint density at radius 3 is 1.00 bits per heavy atom. The molecule has 24 heteroatoms. The molecule has 1 heterocycles. The van der Waals surface area contributed by atoms with E-state index in [9.17, 15) is 52.7 Å². The number of aromatic nitrogens is 2. The summed E-state index contributed by atoms with van der Waals surface area (Å²) in [7, 11) is 0. The number of hydrogen-bond acceptors (Lipinski definition) is 2. The van der Waals surface area contributed by atoms with Crippen LogP contribution in [0.4, 0.5) is 87.8 Å². The van der Waals surface area contributed by atoms with Gasteiger partial charge in [0.05, 0.1) is 18.0 Å². The van der Waals surface area contributed by atoms with E-state index in [1.54, 1.807) is 0 Å². The quantitative estimate of drug-likeness (QED) is 0.0422. The molecule has 0 saturated heterocycles. The van der Waals surface area contributed by atoms with Crippen LogP contribution in [0.25, 0.3) is 11.3 Å². The largest absolute Gasteiger partial charge is 0.252 e. The summed E-state index contributed by atoms with van der Waals surface area (Å²) in [5.74, 6) is -71.4. The van der Waals surface area contributed by atoms with Gasteiger partial charge in [-0.1, -0.05) is 42.5 Å². The van der Waals surface area contributed by atoms with Crippen LogP contribution >= 0.6 is 12.6 Å². The first-order valence-electron chi connectivity index (χ1n) is 17.4. The molecule has 0 radical (unpaired) electrons. The van der Waals surface area contributed by atoms with Crippen molar-refractivity contribution in [3.05, 3.63) is 195 Å². The molecule has 0 fully saturated rings. The fourth-order valence-electron chi connectivity index (χ4n) is 7.09. The van der Waals surface area contributed by atoms with Crippen molar-refractivity contribution in [3.63, 3.8) is 0 Å². The Bertz CT molecular complexity index is 2660. The molecule has 0 aliphatic heterocycles. The van der Waals surface area contributed by atoms with Crippen LogP contribution in [-0.2, 0) is 6.54 Å². The first-order valence-corrected chi connectivity index (χ1v) is 17.9. The first kappa shape index (κ1) is 47.9. The average molecular weight is 958 g/mol. The summed E-state index contributed by atoms with van der Waals surface area (Å²) in [5.41, 5.74) is -10.9. The van der Waals surface area contributed by atoms with Gasteiger partial charge in [0, 0.05) is 10.5 Å². The Balaban J connectivity index is 0.000000289. The monoisotopic (exact) mass is 958 g/mol. The molecule has 0 aliphatic carbocycles. The summed E-state index contributed by atoms with van der Waals surface area (Å²) in [6.45, 7) is 0.820. The third-order valence-corrected chi connectivity index (χ3v) is 10.3. The second-order valence-electron chi connectivity index (χ2n) is 13.4. The van der Waals surface area contributed by atoms with Gasteiger partial charge in [-0.05, 0) is 12.1 Å². The lowest BCUT2D eigenvalue weighted by Crippen LogP contribution is -2.81. The Kier molecular flexibility index (Phi) is 13.4. The first-order chi connectivity index (χ1) is 30.5. The number of thiol groups is 1. The normalized spacial score (nSPS) is 11.5. The number of nitrogens with zero attached hydrogens (tertiary/aromatic N) is 2. The van der Waals surface area contributed by atoms with Gasteiger partial charge in [-0.3, -0.25) is 4.98 Å². The molecule has 6 aromatic carbocycles. The molecule has 1 aromatic heterocycles. The number of hydrogen-bond donors (Lipinski definition) is 1. The van der Waals surface area contributed by atoms with Crippen molar-refractivity contribution >= 4 is 40.6 Å². The van der Waals surface area contributed by atoms with Crippen LogP contribution < -0.4 is 26.4 Å². The van der Waals surface area contributed by atoms with Crippen molar-refractivity contribution in [2.45, 2.75) is 11.4 Å². The summed E-state index contributed by atoms with van der Waals surface area (Å²) < 4.78 is 296. The zero-order valence-electron chi connectivity index (χ0n) is 31.1. The summed E-state index contributed by atoms with van der Waals surface area (Å²) >= 11 is 4.54. The van der Waals surface area contributed by atoms with Crippen LogP contribution in [0.3, 0.4) is 0 Å². The number of benzene rings is 6. The van der Waals surface area contributed by atoms with Gasteiger partial charge in [0.25, 0.3) is 0 Å². The van der Waals surface area contributed by atoms with E-state index in [2.05, 4.69) is 52.5 Å². The molecule has 0 atom stereocenters. The van der Waals surface area contributed by atoms with Gasteiger partial charge < -0.3 is 0 Å². The number of halogens is 20. The molecule has 338 valence electrons. The molecule has 7 aromatic rings. The Labute approximate surface area is 355 Å². The summed E-state index contributed by atoms with van der Waals surface area (Å²) in [4.78, 5) is 5.21.